The van der Waals surface area contributed by atoms with Gasteiger partial charge in [0, 0.05) is 17.8 Å². The van der Waals surface area contributed by atoms with E-state index in [0.717, 1.165) is 42.5 Å². The van der Waals surface area contributed by atoms with Gasteiger partial charge in [0.25, 0.3) is 11.6 Å². The number of nitro benzene ring substituents is 1. The number of para-hydroxylation sites is 2. The molecule has 1 fully saturated rings. The minimum absolute atomic E-state index is 0.0938. The number of piperazine rings is 1. The van der Waals surface area contributed by atoms with Crippen LogP contribution in [0.25, 0.3) is 0 Å². The molecule has 142 valence electrons. The third-order valence-electron chi connectivity index (χ3n) is 4.67. The molecule has 1 amide bonds. The number of hydrogen-bond donors (Lipinski definition) is 2. The number of nitro groups is 1. The van der Waals surface area contributed by atoms with Gasteiger partial charge in [0.1, 0.15) is 11.4 Å². The highest BCUT2D eigenvalue weighted by Gasteiger charge is 2.23. The van der Waals surface area contributed by atoms with Crippen LogP contribution in [0.4, 0.5) is 17.1 Å². The quantitative estimate of drug-likeness (QED) is 0.583. The van der Waals surface area contributed by atoms with E-state index in [4.69, 9.17) is 4.74 Å². The molecule has 8 heteroatoms. The Morgan fingerprint density at radius 1 is 1.22 bits per heavy atom. The van der Waals surface area contributed by atoms with Crippen LogP contribution in [0.1, 0.15) is 0 Å². The van der Waals surface area contributed by atoms with Crippen molar-refractivity contribution in [2.75, 3.05) is 50.1 Å². The molecular weight excluding hydrogens is 348 g/mol. The van der Waals surface area contributed by atoms with E-state index in [0.29, 0.717) is 0 Å². The lowest BCUT2D eigenvalue weighted by atomic mass is 10.2. The summed E-state index contributed by atoms with van der Waals surface area (Å²) in [6, 6.07) is 14.1. The number of amides is 1. The van der Waals surface area contributed by atoms with E-state index in [9.17, 15) is 14.9 Å². The normalized spacial score (nSPS) is 14.6. The van der Waals surface area contributed by atoms with Crippen LogP contribution in [0, 0.1) is 10.1 Å². The molecule has 0 aromatic heterocycles. The molecule has 0 unspecified atom stereocenters. The molecule has 2 aromatic carbocycles. The molecular formula is C19H23N4O4+. The number of methoxy groups -OCH3 is 1. The van der Waals surface area contributed by atoms with Gasteiger partial charge in [-0.2, -0.15) is 0 Å². The summed E-state index contributed by atoms with van der Waals surface area (Å²) in [4.78, 5) is 26.3. The third-order valence-corrected chi connectivity index (χ3v) is 4.67. The standard InChI is InChI=1S/C19H22N4O4/c1-27-16-6-4-5-15(13-16)22-11-9-21(10-12-22)14-19(24)20-17-7-2-3-8-18(17)23(25)26/h2-8,13H,9-12,14H2,1H3,(H,20,24)/p+1. The van der Waals surface area contributed by atoms with Crippen molar-refractivity contribution < 1.29 is 19.4 Å². The maximum atomic E-state index is 12.3. The summed E-state index contributed by atoms with van der Waals surface area (Å²) in [5.41, 5.74) is 1.25. The Balaban J connectivity index is 1.53. The number of anilines is 2. The average molecular weight is 371 g/mol. The lowest BCUT2D eigenvalue weighted by Crippen LogP contribution is -3.15. The van der Waals surface area contributed by atoms with Crippen molar-refractivity contribution in [2.24, 2.45) is 0 Å². The number of carbonyl (C=O) groups excluding carboxylic acids is 1. The van der Waals surface area contributed by atoms with Crippen LogP contribution in [0.2, 0.25) is 0 Å². The zero-order valence-corrected chi connectivity index (χ0v) is 15.2. The summed E-state index contributed by atoms with van der Waals surface area (Å²) in [5.74, 6) is 0.611. The van der Waals surface area contributed by atoms with E-state index < -0.39 is 4.92 Å². The van der Waals surface area contributed by atoms with Crippen LogP contribution in [0.15, 0.2) is 48.5 Å². The zero-order chi connectivity index (χ0) is 19.2. The van der Waals surface area contributed by atoms with E-state index in [-0.39, 0.29) is 23.8 Å². The van der Waals surface area contributed by atoms with Crippen LogP contribution < -0.4 is 19.9 Å². The molecule has 3 rings (SSSR count). The highest BCUT2D eigenvalue weighted by Crippen LogP contribution is 2.23. The Morgan fingerprint density at radius 3 is 2.67 bits per heavy atom. The maximum absolute atomic E-state index is 12.3. The second kappa shape index (κ2) is 8.50. The predicted molar refractivity (Wildman–Crippen MR) is 102 cm³/mol. The number of ether oxygens (including phenoxy) is 1. The molecule has 2 aromatic rings. The Labute approximate surface area is 157 Å². The number of benzene rings is 2. The third kappa shape index (κ3) is 4.73. The van der Waals surface area contributed by atoms with E-state index in [1.54, 1.807) is 25.3 Å². The van der Waals surface area contributed by atoms with Crippen molar-refractivity contribution in [3.63, 3.8) is 0 Å². The SMILES string of the molecule is COc1cccc(N2CC[NH+](CC(=O)Nc3ccccc3[N+](=O)[O-])CC2)c1. The molecule has 1 aliphatic heterocycles. The fraction of sp³-hybridized carbons (Fsp3) is 0.316. The molecule has 0 radical (unpaired) electrons. The van der Waals surface area contributed by atoms with Crippen LogP contribution >= 0.6 is 0 Å². The summed E-state index contributed by atoms with van der Waals surface area (Å²) in [5, 5.41) is 13.7. The molecule has 1 heterocycles. The topological polar surface area (TPSA) is 89.2 Å². The van der Waals surface area contributed by atoms with Crippen molar-refractivity contribution in [1.82, 2.24) is 0 Å². The first-order chi connectivity index (χ1) is 13.1. The first-order valence-electron chi connectivity index (χ1n) is 8.82. The summed E-state index contributed by atoms with van der Waals surface area (Å²) < 4.78 is 5.27. The molecule has 8 nitrogen and oxygen atoms in total. The molecule has 1 aliphatic rings. The van der Waals surface area contributed by atoms with Crippen molar-refractivity contribution >= 4 is 23.0 Å². The Bertz CT molecular complexity index is 819. The van der Waals surface area contributed by atoms with Crippen LogP contribution in [-0.4, -0.2) is 50.7 Å². The minimum Gasteiger partial charge on any atom is -0.497 e. The zero-order valence-electron chi connectivity index (χ0n) is 15.2. The first-order valence-corrected chi connectivity index (χ1v) is 8.82. The van der Waals surface area contributed by atoms with Crippen LogP contribution in [0.5, 0.6) is 5.75 Å². The van der Waals surface area contributed by atoms with Gasteiger partial charge >= 0.3 is 0 Å². The largest absolute Gasteiger partial charge is 0.497 e. The predicted octanol–water partition coefficient (Wildman–Crippen LogP) is 0.947. The van der Waals surface area contributed by atoms with E-state index in [2.05, 4.69) is 16.3 Å². The van der Waals surface area contributed by atoms with Gasteiger partial charge in [0.15, 0.2) is 6.54 Å². The van der Waals surface area contributed by atoms with Gasteiger partial charge in [-0.05, 0) is 18.2 Å². The molecule has 27 heavy (non-hydrogen) atoms. The number of hydrogen-bond acceptors (Lipinski definition) is 5. The molecule has 0 bridgehead atoms. The number of carbonyl (C=O) groups is 1. The Morgan fingerprint density at radius 2 is 1.96 bits per heavy atom. The lowest BCUT2D eigenvalue weighted by Gasteiger charge is -2.33. The van der Waals surface area contributed by atoms with Gasteiger partial charge in [0.2, 0.25) is 0 Å². The Kier molecular flexibility index (Phi) is 5.87. The maximum Gasteiger partial charge on any atom is 0.292 e. The summed E-state index contributed by atoms with van der Waals surface area (Å²) in [7, 11) is 1.65. The number of quaternary nitrogens is 1. The van der Waals surface area contributed by atoms with Crippen molar-refractivity contribution in [2.45, 2.75) is 0 Å². The summed E-state index contributed by atoms with van der Waals surface area (Å²) in [6.07, 6.45) is 0. The number of nitrogens with one attached hydrogen (secondary N) is 2. The van der Waals surface area contributed by atoms with Gasteiger partial charge in [0.05, 0.1) is 38.2 Å². The smallest absolute Gasteiger partial charge is 0.292 e. The lowest BCUT2D eigenvalue weighted by molar-refractivity contribution is -0.892. The average Bonchev–Trinajstić information content (AvgIpc) is 2.69. The number of nitrogens with zero attached hydrogens (tertiary/aromatic N) is 2. The molecule has 0 saturated carbocycles. The summed E-state index contributed by atoms with van der Waals surface area (Å²) in [6.45, 7) is 3.60. The highest BCUT2D eigenvalue weighted by molar-refractivity contribution is 5.93. The number of rotatable bonds is 6. The summed E-state index contributed by atoms with van der Waals surface area (Å²) >= 11 is 0. The van der Waals surface area contributed by atoms with Crippen molar-refractivity contribution in [1.29, 1.82) is 0 Å². The second-order valence-corrected chi connectivity index (χ2v) is 6.44. The van der Waals surface area contributed by atoms with Crippen LogP contribution in [-0.2, 0) is 4.79 Å². The Hall–Kier alpha value is -3.13. The molecule has 0 spiro atoms. The van der Waals surface area contributed by atoms with E-state index in [1.165, 1.54) is 6.07 Å². The van der Waals surface area contributed by atoms with Gasteiger partial charge < -0.3 is 19.9 Å². The van der Waals surface area contributed by atoms with Crippen molar-refractivity contribution in [3.8, 4) is 5.75 Å². The van der Waals surface area contributed by atoms with Gasteiger partial charge in [-0.15, -0.1) is 0 Å². The molecule has 0 atom stereocenters. The van der Waals surface area contributed by atoms with Crippen molar-refractivity contribution in [3.05, 3.63) is 58.6 Å². The van der Waals surface area contributed by atoms with E-state index in [1.807, 2.05) is 18.2 Å². The van der Waals surface area contributed by atoms with Crippen LogP contribution in [0.3, 0.4) is 0 Å². The van der Waals surface area contributed by atoms with Gasteiger partial charge in [-0.3, -0.25) is 14.9 Å². The first kappa shape index (κ1) is 18.7. The monoisotopic (exact) mass is 371 g/mol. The molecule has 2 N–H and O–H groups in total. The second-order valence-electron chi connectivity index (χ2n) is 6.44. The fourth-order valence-electron chi connectivity index (χ4n) is 3.23. The molecule has 0 aliphatic carbocycles. The van der Waals surface area contributed by atoms with Gasteiger partial charge in [-0.1, -0.05) is 18.2 Å². The minimum atomic E-state index is -0.491. The fourth-order valence-corrected chi connectivity index (χ4v) is 3.23. The van der Waals surface area contributed by atoms with Gasteiger partial charge in [-0.25, -0.2) is 0 Å². The van der Waals surface area contributed by atoms with E-state index >= 15 is 0 Å². The highest BCUT2D eigenvalue weighted by atomic mass is 16.6. The molecule has 1 saturated heterocycles.